The number of hydrogen-bond acceptors (Lipinski definition) is 10. The van der Waals surface area contributed by atoms with E-state index in [1.807, 2.05) is 107 Å². The summed E-state index contributed by atoms with van der Waals surface area (Å²) in [5, 5.41) is 26.8. The lowest BCUT2D eigenvalue weighted by molar-refractivity contribution is -0.142. The van der Waals surface area contributed by atoms with E-state index in [2.05, 4.69) is 46.8 Å². The van der Waals surface area contributed by atoms with Crippen molar-refractivity contribution < 1.29 is 34.1 Å². The fourth-order valence-electron chi connectivity index (χ4n) is 8.76. The summed E-state index contributed by atoms with van der Waals surface area (Å²) in [7, 11) is 1.82. The molecule has 4 aromatic carbocycles. The molecule has 2 heterocycles. The molecule has 368 valence electrons. The molecule has 6 rings (SSSR count). The van der Waals surface area contributed by atoms with Crippen LogP contribution in [0.5, 0.6) is 11.5 Å². The summed E-state index contributed by atoms with van der Waals surface area (Å²) in [6.07, 6.45) is 5.30. The number of likely N-dealkylation sites (N-methyl/N-ethyl adjacent to an activating group) is 1. The lowest BCUT2D eigenvalue weighted by Crippen LogP contribution is -2.56. The van der Waals surface area contributed by atoms with Crippen molar-refractivity contribution in [2.75, 3.05) is 40.1 Å². The lowest BCUT2D eigenvalue weighted by Gasteiger charge is -2.35. The van der Waals surface area contributed by atoms with Gasteiger partial charge in [-0.15, -0.1) is 11.3 Å². The van der Waals surface area contributed by atoms with Crippen LogP contribution in [0.2, 0.25) is 0 Å². The van der Waals surface area contributed by atoms with Crippen LogP contribution in [0.4, 0.5) is 0 Å². The fraction of sp³-hybridized carbons (Fsp3) is 0.429. The zero-order chi connectivity index (χ0) is 49.3. The van der Waals surface area contributed by atoms with Crippen LogP contribution in [0.15, 0.2) is 109 Å². The number of rotatable bonds is 24. The SMILES string of the molecule is CC/C(=C(\c1ccc(O)cc1)c1ccc(OCCN(C)C(=O)CCCCCCCOCN[C@H](C(=O)N2C[C@H](O)C[C@H]2C(=O)NCc2ccc(-c3scnc3C)cc2)C(C)(C)C)cc1)c1ccccc1. The number of aryl methyl sites for hydroxylation is 1. The Kier molecular flexibility index (Phi) is 19.5. The van der Waals surface area contributed by atoms with Crippen molar-refractivity contribution in [2.24, 2.45) is 5.41 Å². The summed E-state index contributed by atoms with van der Waals surface area (Å²) in [5.74, 6) is 0.548. The maximum absolute atomic E-state index is 14.0. The first-order valence-corrected chi connectivity index (χ1v) is 25.2. The van der Waals surface area contributed by atoms with Gasteiger partial charge in [0.15, 0.2) is 0 Å². The molecular weight excluding hydrogens is 887 g/mol. The average molecular weight is 958 g/mol. The van der Waals surface area contributed by atoms with Gasteiger partial charge in [-0.25, -0.2) is 4.98 Å². The Balaban J connectivity index is 0.853. The molecule has 0 unspecified atom stereocenters. The molecule has 3 atom stereocenters. The molecule has 13 heteroatoms. The zero-order valence-electron chi connectivity index (χ0n) is 41.2. The average Bonchev–Trinajstić information content (AvgIpc) is 3.97. The van der Waals surface area contributed by atoms with Crippen LogP contribution < -0.4 is 15.4 Å². The van der Waals surface area contributed by atoms with Gasteiger partial charge in [0, 0.05) is 39.6 Å². The number of aliphatic hydroxyl groups is 1. The number of allylic oxidation sites excluding steroid dienone is 1. The maximum Gasteiger partial charge on any atom is 0.243 e. The molecule has 0 bridgehead atoms. The number of benzene rings is 4. The van der Waals surface area contributed by atoms with Gasteiger partial charge in [-0.1, -0.05) is 126 Å². The Labute approximate surface area is 412 Å². The van der Waals surface area contributed by atoms with Crippen molar-refractivity contribution in [2.45, 2.75) is 111 Å². The summed E-state index contributed by atoms with van der Waals surface area (Å²) in [4.78, 5) is 49.0. The summed E-state index contributed by atoms with van der Waals surface area (Å²) < 4.78 is 12.0. The van der Waals surface area contributed by atoms with Gasteiger partial charge in [0.2, 0.25) is 17.7 Å². The molecule has 1 aliphatic rings. The molecule has 12 nitrogen and oxygen atoms in total. The van der Waals surface area contributed by atoms with E-state index in [0.717, 1.165) is 88.2 Å². The number of unbranched alkanes of at least 4 members (excludes halogenated alkanes) is 4. The minimum Gasteiger partial charge on any atom is -0.508 e. The van der Waals surface area contributed by atoms with Crippen molar-refractivity contribution >= 4 is 40.2 Å². The molecule has 69 heavy (non-hydrogen) atoms. The number of phenols is 1. The van der Waals surface area contributed by atoms with Gasteiger partial charge in [-0.05, 0) is 94.8 Å². The molecule has 0 aliphatic carbocycles. The topological polar surface area (TPSA) is 154 Å². The highest BCUT2D eigenvalue weighted by molar-refractivity contribution is 7.13. The molecule has 0 spiro atoms. The third kappa shape index (κ3) is 15.1. The minimum absolute atomic E-state index is 0.0978. The number of nitrogens with one attached hydrogen (secondary N) is 2. The molecular formula is C56H71N5O7S. The molecule has 0 saturated carbocycles. The molecule has 0 radical (unpaired) electrons. The first-order chi connectivity index (χ1) is 33.2. The van der Waals surface area contributed by atoms with E-state index in [4.69, 9.17) is 9.47 Å². The van der Waals surface area contributed by atoms with Crippen molar-refractivity contribution in [3.63, 3.8) is 0 Å². The third-order valence-corrected chi connectivity index (χ3v) is 13.7. The minimum atomic E-state index is -0.782. The standard InChI is InChI=1S/C56H71N5O7S/c1-7-48(41-16-12-11-13-17-41)51(42-23-27-45(62)28-24-42)43-25-29-47(30-26-43)68-33-31-60(6)50(64)18-14-9-8-10-15-32-67-37-58-53(56(3,4)5)55(66)61-36-46(63)34-49(61)54(65)57-35-40-19-21-44(22-20-40)52-39(2)59-38-69-52/h11-13,16-17,19-30,38,46,49,53,58,62-63H,7-10,14-15,18,31-37H2,1-6H3,(H,57,65)/b51-48-/t46-,49+,53-/m1/s1. The Hall–Kier alpha value is -5.86. The van der Waals surface area contributed by atoms with Crippen molar-refractivity contribution in [3.8, 4) is 21.9 Å². The van der Waals surface area contributed by atoms with E-state index >= 15 is 0 Å². The summed E-state index contributed by atoms with van der Waals surface area (Å²) in [6, 6.07) is 32.4. The number of carbonyl (C=O) groups excluding carboxylic acids is 3. The normalized spacial score (nSPS) is 15.7. The van der Waals surface area contributed by atoms with Crippen LogP contribution in [0.3, 0.4) is 0 Å². The van der Waals surface area contributed by atoms with Crippen LogP contribution in [0.25, 0.3) is 21.6 Å². The molecule has 1 aromatic heterocycles. The van der Waals surface area contributed by atoms with Crippen LogP contribution in [-0.4, -0.2) is 101 Å². The van der Waals surface area contributed by atoms with Crippen LogP contribution >= 0.6 is 11.3 Å². The number of carbonyl (C=O) groups is 3. The van der Waals surface area contributed by atoms with Gasteiger partial charge in [-0.2, -0.15) is 0 Å². The van der Waals surface area contributed by atoms with Crippen LogP contribution in [-0.2, 0) is 25.7 Å². The number of aliphatic hydroxyl groups excluding tert-OH is 1. The number of likely N-dealkylation sites (tertiary alicyclic amines) is 1. The quantitative estimate of drug-likeness (QED) is 0.0269. The maximum atomic E-state index is 14.0. The number of thiazole rings is 1. The Morgan fingerprint density at radius 3 is 2.19 bits per heavy atom. The molecule has 1 saturated heterocycles. The van der Waals surface area contributed by atoms with E-state index < -0.39 is 23.6 Å². The summed E-state index contributed by atoms with van der Waals surface area (Å²) in [6.45, 7) is 12.1. The molecule has 3 amide bonds. The molecule has 1 aliphatic heterocycles. The number of β-amino-alcohol motifs (C(OH)–C–C–N with tert-alkyl or cyclic N) is 1. The number of nitrogens with zero attached hydrogens (tertiary/aromatic N) is 3. The number of hydrogen-bond donors (Lipinski definition) is 4. The Morgan fingerprint density at radius 1 is 0.870 bits per heavy atom. The highest BCUT2D eigenvalue weighted by Crippen LogP contribution is 2.36. The fourth-order valence-corrected chi connectivity index (χ4v) is 9.57. The lowest BCUT2D eigenvalue weighted by atomic mass is 9.85. The second-order valence-corrected chi connectivity index (χ2v) is 19.8. The van der Waals surface area contributed by atoms with Gasteiger partial charge in [0.05, 0.1) is 41.5 Å². The van der Waals surface area contributed by atoms with Crippen molar-refractivity contribution in [1.82, 2.24) is 25.4 Å². The highest BCUT2D eigenvalue weighted by atomic mass is 32.1. The zero-order valence-corrected chi connectivity index (χ0v) is 42.0. The predicted molar refractivity (Wildman–Crippen MR) is 275 cm³/mol. The summed E-state index contributed by atoms with van der Waals surface area (Å²) in [5.41, 5.74) is 9.92. The van der Waals surface area contributed by atoms with Crippen LogP contribution in [0, 0.1) is 12.3 Å². The van der Waals surface area contributed by atoms with Crippen molar-refractivity contribution in [3.05, 3.63) is 137 Å². The first kappa shape index (κ1) is 52.5. The number of ether oxygens (including phenoxy) is 2. The summed E-state index contributed by atoms with van der Waals surface area (Å²) >= 11 is 1.59. The predicted octanol–water partition coefficient (Wildman–Crippen LogP) is 9.63. The second-order valence-electron chi connectivity index (χ2n) is 19.0. The number of amides is 3. The number of phenolic OH excluding ortho intramolecular Hbond substituents is 1. The van der Waals surface area contributed by atoms with E-state index in [1.54, 1.807) is 28.4 Å². The smallest absolute Gasteiger partial charge is 0.243 e. The Bertz CT molecular complexity index is 2430. The van der Waals surface area contributed by atoms with Gasteiger partial charge in [0.1, 0.15) is 24.1 Å². The number of aromatic hydroxyl groups is 1. The number of aromatic nitrogens is 1. The van der Waals surface area contributed by atoms with Gasteiger partial charge in [0.25, 0.3) is 0 Å². The molecule has 4 N–H and O–H groups in total. The molecule has 5 aromatic rings. The van der Waals surface area contributed by atoms with Gasteiger partial charge in [-0.3, -0.25) is 19.7 Å². The first-order valence-electron chi connectivity index (χ1n) is 24.4. The van der Waals surface area contributed by atoms with Crippen LogP contribution in [0.1, 0.15) is 107 Å². The van der Waals surface area contributed by atoms with E-state index in [0.29, 0.717) is 32.7 Å². The van der Waals surface area contributed by atoms with E-state index in [-0.39, 0.29) is 43.2 Å². The van der Waals surface area contributed by atoms with E-state index in [1.165, 1.54) is 10.5 Å². The largest absolute Gasteiger partial charge is 0.508 e. The van der Waals surface area contributed by atoms with Gasteiger partial charge < -0.3 is 34.8 Å². The van der Waals surface area contributed by atoms with Crippen molar-refractivity contribution in [1.29, 1.82) is 0 Å². The van der Waals surface area contributed by atoms with Gasteiger partial charge >= 0.3 is 0 Å². The second kappa shape index (κ2) is 25.7. The third-order valence-electron chi connectivity index (χ3n) is 12.7. The molecule has 1 fully saturated rings. The van der Waals surface area contributed by atoms with E-state index in [9.17, 15) is 24.6 Å². The Morgan fingerprint density at radius 2 is 1.54 bits per heavy atom. The monoisotopic (exact) mass is 958 g/mol. The highest BCUT2D eigenvalue weighted by Gasteiger charge is 2.43.